The van der Waals surface area contributed by atoms with Crippen LogP contribution in [-0.4, -0.2) is 29.3 Å². The molecule has 1 aliphatic carbocycles. The molecule has 2 amide bonds. The van der Waals surface area contributed by atoms with Gasteiger partial charge in [-0.2, -0.15) is 0 Å². The molecule has 0 atom stereocenters. The van der Waals surface area contributed by atoms with Gasteiger partial charge in [0, 0.05) is 18.7 Å². The predicted octanol–water partition coefficient (Wildman–Crippen LogP) is 2.95. The van der Waals surface area contributed by atoms with E-state index in [0.29, 0.717) is 5.69 Å². The van der Waals surface area contributed by atoms with Crippen LogP contribution in [0.2, 0.25) is 0 Å². The molecule has 1 N–H and O–H groups in total. The van der Waals surface area contributed by atoms with E-state index in [1.807, 2.05) is 0 Å². The zero-order chi connectivity index (χ0) is 15.2. The average Bonchev–Trinajstić information content (AvgIpc) is 2.48. The van der Waals surface area contributed by atoms with Crippen LogP contribution in [-0.2, 0) is 9.59 Å². The first-order valence-corrected chi connectivity index (χ1v) is 7.39. The zero-order valence-corrected chi connectivity index (χ0v) is 12.3. The maximum absolute atomic E-state index is 12.8. The van der Waals surface area contributed by atoms with Gasteiger partial charge in [0.1, 0.15) is 12.4 Å². The molecule has 0 unspecified atom stereocenters. The summed E-state index contributed by atoms with van der Waals surface area (Å²) in [5.41, 5.74) is 0.536. The Morgan fingerprint density at radius 1 is 1.19 bits per heavy atom. The maximum Gasteiger partial charge on any atom is 0.244 e. The number of benzene rings is 1. The average molecular weight is 292 g/mol. The maximum atomic E-state index is 12.8. The largest absolute Gasteiger partial charge is 0.331 e. The Kier molecular flexibility index (Phi) is 5.31. The third-order valence-corrected chi connectivity index (χ3v) is 3.86. The second-order valence-corrected chi connectivity index (χ2v) is 5.49. The van der Waals surface area contributed by atoms with E-state index in [4.69, 9.17) is 0 Å². The van der Waals surface area contributed by atoms with Crippen LogP contribution in [0.4, 0.5) is 10.1 Å². The van der Waals surface area contributed by atoms with Gasteiger partial charge in [0.05, 0.1) is 0 Å². The van der Waals surface area contributed by atoms with Crippen LogP contribution >= 0.6 is 0 Å². The molecule has 2 rings (SSSR count). The van der Waals surface area contributed by atoms with Crippen LogP contribution in [0.5, 0.6) is 0 Å². The van der Waals surface area contributed by atoms with Gasteiger partial charge in [0.15, 0.2) is 0 Å². The summed E-state index contributed by atoms with van der Waals surface area (Å²) in [6, 6.07) is 5.76. The van der Waals surface area contributed by atoms with E-state index in [0.717, 1.165) is 25.7 Å². The minimum atomic E-state index is -0.347. The first-order chi connectivity index (χ1) is 10.1. The number of rotatable bonds is 4. The monoisotopic (exact) mass is 292 g/mol. The predicted molar refractivity (Wildman–Crippen MR) is 79.3 cm³/mol. The lowest BCUT2D eigenvalue weighted by atomic mass is 9.94. The normalized spacial score (nSPS) is 15.5. The van der Waals surface area contributed by atoms with Crippen molar-refractivity contribution >= 4 is 17.5 Å². The number of nitrogens with zero attached hydrogens (tertiary/aromatic N) is 1. The molecule has 1 aromatic carbocycles. The fourth-order valence-corrected chi connectivity index (χ4v) is 2.78. The second kappa shape index (κ2) is 7.20. The fourth-order valence-electron chi connectivity index (χ4n) is 2.78. The van der Waals surface area contributed by atoms with Crippen molar-refractivity contribution in [3.63, 3.8) is 0 Å². The molecule has 1 aromatic rings. The van der Waals surface area contributed by atoms with Crippen molar-refractivity contribution in [2.75, 3.05) is 11.9 Å². The Hall–Kier alpha value is -1.91. The SMILES string of the molecule is CC(=O)N(CC(=O)Nc1ccc(F)cc1)C1CCCCC1. The van der Waals surface area contributed by atoms with E-state index < -0.39 is 0 Å². The highest BCUT2D eigenvalue weighted by atomic mass is 19.1. The third-order valence-electron chi connectivity index (χ3n) is 3.86. The Labute approximate surface area is 124 Å². The number of carbonyl (C=O) groups excluding carboxylic acids is 2. The lowest BCUT2D eigenvalue weighted by Crippen LogP contribution is -2.44. The highest BCUT2D eigenvalue weighted by Gasteiger charge is 2.24. The molecule has 0 radical (unpaired) electrons. The summed E-state index contributed by atoms with van der Waals surface area (Å²) < 4.78 is 12.8. The van der Waals surface area contributed by atoms with Gasteiger partial charge in [0.25, 0.3) is 0 Å². The van der Waals surface area contributed by atoms with Crippen molar-refractivity contribution < 1.29 is 14.0 Å². The lowest BCUT2D eigenvalue weighted by molar-refractivity contribution is -0.135. The molecule has 1 aliphatic rings. The van der Waals surface area contributed by atoms with Crippen LogP contribution in [0.15, 0.2) is 24.3 Å². The minimum Gasteiger partial charge on any atom is -0.331 e. The molecular weight excluding hydrogens is 271 g/mol. The Bertz CT molecular complexity index is 496. The molecule has 1 saturated carbocycles. The number of nitrogens with one attached hydrogen (secondary N) is 1. The Morgan fingerprint density at radius 3 is 2.38 bits per heavy atom. The fraction of sp³-hybridized carbons (Fsp3) is 0.500. The van der Waals surface area contributed by atoms with Gasteiger partial charge in [-0.15, -0.1) is 0 Å². The van der Waals surface area contributed by atoms with Gasteiger partial charge >= 0.3 is 0 Å². The highest BCUT2D eigenvalue weighted by Crippen LogP contribution is 2.22. The molecule has 0 saturated heterocycles. The lowest BCUT2D eigenvalue weighted by Gasteiger charge is -2.33. The van der Waals surface area contributed by atoms with E-state index in [1.54, 1.807) is 4.90 Å². The minimum absolute atomic E-state index is 0.0530. The molecule has 0 aromatic heterocycles. The van der Waals surface area contributed by atoms with Gasteiger partial charge in [-0.3, -0.25) is 9.59 Å². The summed E-state index contributed by atoms with van der Waals surface area (Å²) in [6.45, 7) is 1.55. The van der Waals surface area contributed by atoms with Gasteiger partial charge in [-0.25, -0.2) is 4.39 Å². The van der Waals surface area contributed by atoms with Crippen LogP contribution in [0, 0.1) is 5.82 Å². The van der Waals surface area contributed by atoms with Gasteiger partial charge in [-0.05, 0) is 37.1 Å². The number of carbonyl (C=O) groups is 2. The molecule has 114 valence electrons. The number of amides is 2. The van der Waals surface area contributed by atoms with Gasteiger partial charge in [0.2, 0.25) is 11.8 Å². The molecule has 21 heavy (non-hydrogen) atoms. The summed E-state index contributed by atoms with van der Waals surface area (Å²) >= 11 is 0. The molecule has 0 aliphatic heterocycles. The van der Waals surface area contributed by atoms with Crippen molar-refractivity contribution in [1.82, 2.24) is 4.90 Å². The van der Waals surface area contributed by atoms with E-state index in [2.05, 4.69) is 5.32 Å². The summed E-state index contributed by atoms with van der Waals surface area (Å²) in [6.07, 6.45) is 5.33. The van der Waals surface area contributed by atoms with Gasteiger partial charge in [-0.1, -0.05) is 19.3 Å². The summed E-state index contributed by atoms with van der Waals surface area (Å²) in [5, 5.41) is 2.69. The van der Waals surface area contributed by atoms with Crippen molar-refractivity contribution in [2.45, 2.75) is 45.1 Å². The van der Waals surface area contributed by atoms with E-state index in [9.17, 15) is 14.0 Å². The molecule has 0 bridgehead atoms. The van der Waals surface area contributed by atoms with Crippen molar-refractivity contribution in [3.05, 3.63) is 30.1 Å². The van der Waals surface area contributed by atoms with Crippen LogP contribution < -0.4 is 5.32 Å². The number of hydrogen-bond acceptors (Lipinski definition) is 2. The first kappa shape index (κ1) is 15.5. The standard InChI is InChI=1S/C16H21FN2O2/c1-12(20)19(15-5-3-2-4-6-15)11-16(21)18-14-9-7-13(17)8-10-14/h7-10,15H,2-6,11H2,1H3,(H,18,21). The number of hydrogen-bond donors (Lipinski definition) is 1. The third kappa shape index (κ3) is 4.55. The van der Waals surface area contributed by atoms with Crippen LogP contribution in [0.1, 0.15) is 39.0 Å². The molecule has 4 nitrogen and oxygen atoms in total. The highest BCUT2D eigenvalue weighted by molar-refractivity contribution is 5.94. The first-order valence-electron chi connectivity index (χ1n) is 7.39. The topological polar surface area (TPSA) is 49.4 Å². The van der Waals surface area contributed by atoms with Crippen molar-refractivity contribution in [3.8, 4) is 0 Å². The second-order valence-electron chi connectivity index (χ2n) is 5.49. The molecule has 1 fully saturated rings. The van der Waals surface area contributed by atoms with Gasteiger partial charge < -0.3 is 10.2 Å². The molecule has 5 heteroatoms. The number of halogens is 1. The smallest absolute Gasteiger partial charge is 0.244 e. The number of anilines is 1. The Morgan fingerprint density at radius 2 is 1.81 bits per heavy atom. The van der Waals surface area contributed by atoms with Crippen molar-refractivity contribution in [2.24, 2.45) is 0 Å². The van der Waals surface area contributed by atoms with Crippen LogP contribution in [0.3, 0.4) is 0 Å². The van der Waals surface area contributed by atoms with E-state index in [-0.39, 0.29) is 30.2 Å². The zero-order valence-electron chi connectivity index (χ0n) is 12.3. The summed E-state index contributed by atoms with van der Waals surface area (Å²) in [4.78, 5) is 25.5. The van der Waals surface area contributed by atoms with E-state index in [1.165, 1.54) is 37.6 Å². The molecule has 0 heterocycles. The summed E-state index contributed by atoms with van der Waals surface area (Å²) in [5.74, 6) is -0.667. The van der Waals surface area contributed by atoms with Crippen LogP contribution in [0.25, 0.3) is 0 Å². The van der Waals surface area contributed by atoms with Crippen molar-refractivity contribution in [1.29, 1.82) is 0 Å². The molecule has 0 spiro atoms. The van der Waals surface area contributed by atoms with E-state index >= 15 is 0 Å². The summed E-state index contributed by atoms with van der Waals surface area (Å²) in [7, 11) is 0. The Balaban J connectivity index is 1.94. The quantitative estimate of drug-likeness (QED) is 0.927. The molecular formula is C16H21FN2O2.